The molecule has 31 heavy (non-hydrogen) atoms. The highest BCUT2D eigenvalue weighted by molar-refractivity contribution is 7.21. The van der Waals surface area contributed by atoms with E-state index in [0.29, 0.717) is 5.13 Å². The third-order valence-corrected chi connectivity index (χ3v) is 6.32. The number of hydrogen-bond acceptors (Lipinski definition) is 7. The first-order chi connectivity index (χ1) is 15.0. The second-order valence-corrected chi connectivity index (χ2v) is 8.65. The summed E-state index contributed by atoms with van der Waals surface area (Å²) in [4.78, 5) is 19.4. The Morgan fingerprint density at radius 2 is 1.74 bits per heavy atom. The second kappa shape index (κ2) is 8.99. The van der Waals surface area contributed by atoms with Crippen LogP contribution in [0.2, 0.25) is 0 Å². The Hall–Kier alpha value is -3.03. The lowest BCUT2D eigenvalue weighted by Crippen LogP contribution is -2.22. The first kappa shape index (κ1) is 21.2. The molecule has 0 aliphatic heterocycles. The van der Waals surface area contributed by atoms with E-state index in [1.54, 1.807) is 0 Å². The van der Waals surface area contributed by atoms with Crippen LogP contribution in [0.15, 0.2) is 48.7 Å². The van der Waals surface area contributed by atoms with Gasteiger partial charge in [0.1, 0.15) is 16.2 Å². The predicted octanol–water partition coefficient (Wildman–Crippen LogP) is 5.25. The van der Waals surface area contributed by atoms with E-state index in [0.717, 1.165) is 52.7 Å². The van der Waals surface area contributed by atoms with Gasteiger partial charge in [-0.05, 0) is 49.8 Å². The lowest BCUT2D eigenvalue weighted by atomic mass is 10.1. The van der Waals surface area contributed by atoms with Gasteiger partial charge in [0, 0.05) is 31.0 Å². The Morgan fingerprint density at radius 3 is 2.39 bits per heavy atom. The molecule has 0 spiro atoms. The number of nitrogens with zero attached hydrogens (tertiary/aromatic N) is 5. The van der Waals surface area contributed by atoms with Gasteiger partial charge in [-0.25, -0.2) is 9.97 Å². The van der Waals surface area contributed by atoms with Gasteiger partial charge in [0.05, 0.1) is 5.69 Å². The van der Waals surface area contributed by atoms with Crippen molar-refractivity contribution in [2.45, 2.75) is 27.3 Å². The van der Waals surface area contributed by atoms with Gasteiger partial charge >= 0.3 is 0 Å². The lowest BCUT2D eigenvalue weighted by molar-refractivity contribution is 0.295. The van der Waals surface area contributed by atoms with Crippen LogP contribution in [0.1, 0.15) is 25.0 Å². The minimum Gasteiger partial charge on any atom is -0.375 e. The van der Waals surface area contributed by atoms with Gasteiger partial charge in [-0.2, -0.15) is 0 Å². The van der Waals surface area contributed by atoms with Gasteiger partial charge in [0.2, 0.25) is 0 Å². The van der Waals surface area contributed by atoms with Gasteiger partial charge in [-0.1, -0.05) is 48.9 Å². The molecule has 0 atom stereocenters. The van der Waals surface area contributed by atoms with Gasteiger partial charge in [0.25, 0.3) is 0 Å². The number of nitrogens with two attached hydrogens (primary N) is 1. The average Bonchev–Trinajstić information content (AvgIpc) is 3.17. The van der Waals surface area contributed by atoms with Gasteiger partial charge in [0.15, 0.2) is 5.13 Å². The molecule has 2 N–H and O–H groups in total. The van der Waals surface area contributed by atoms with Crippen molar-refractivity contribution in [2.24, 2.45) is 0 Å². The number of benzene rings is 1. The number of aryl methyl sites for hydroxylation is 1. The van der Waals surface area contributed by atoms with Crippen molar-refractivity contribution >= 4 is 38.3 Å². The Balaban J connectivity index is 1.74. The number of rotatable bonds is 7. The van der Waals surface area contributed by atoms with Crippen LogP contribution >= 0.6 is 11.3 Å². The molecule has 160 valence electrons. The van der Waals surface area contributed by atoms with Crippen LogP contribution in [0.25, 0.3) is 21.6 Å². The van der Waals surface area contributed by atoms with Gasteiger partial charge in [-0.3, -0.25) is 9.88 Å². The fourth-order valence-corrected chi connectivity index (χ4v) is 4.29. The number of anilines is 3. The highest BCUT2D eigenvalue weighted by atomic mass is 32.1. The number of nitrogen functional groups attached to an aromatic ring is 1. The zero-order chi connectivity index (χ0) is 22.0. The number of thiazole rings is 1. The van der Waals surface area contributed by atoms with E-state index in [-0.39, 0.29) is 0 Å². The number of fused-ring (bicyclic) bond motifs is 1. The van der Waals surface area contributed by atoms with Gasteiger partial charge in [-0.15, -0.1) is 0 Å². The average molecular weight is 433 g/mol. The smallest absolute Gasteiger partial charge is 0.182 e. The Bertz CT molecular complexity index is 1160. The van der Waals surface area contributed by atoms with Crippen LogP contribution in [0.3, 0.4) is 0 Å². The first-order valence-electron chi connectivity index (χ1n) is 10.5. The maximum Gasteiger partial charge on any atom is 0.182 e. The first-order valence-corrected chi connectivity index (χ1v) is 11.3. The Morgan fingerprint density at radius 1 is 1.00 bits per heavy atom. The molecule has 3 heterocycles. The van der Waals surface area contributed by atoms with Crippen LogP contribution in [-0.4, -0.2) is 40.0 Å². The lowest BCUT2D eigenvalue weighted by Gasteiger charge is -2.20. The summed E-state index contributed by atoms with van der Waals surface area (Å²) in [5, 5.41) is 0.511. The molecule has 0 amide bonds. The SMILES string of the molecule is CCN(CC)Cc1ccc(-c2cc(N(C)c3ccc(C)cc3)nc3sc(N)nc23)nc1. The summed E-state index contributed by atoms with van der Waals surface area (Å²) in [6, 6.07) is 14.7. The summed E-state index contributed by atoms with van der Waals surface area (Å²) in [5.41, 5.74) is 12.1. The molecule has 3 aromatic heterocycles. The molecule has 0 bridgehead atoms. The summed E-state index contributed by atoms with van der Waals surface area (Å²) < 4.78 is 0. The van der Waals surface area contributed by atoms with E-state index in [2.05, 4.69) is 72.0 Å². The molecule has 0 aliphatic carbocycles. The molecule has 0 fully saturated rings. The zero-order valence-corrected chi connectivity index (χ0v) is 19.3. The van der Waals surface area contributed by atoms with E-state index >= 15 is 0 Å². The Labute approximate surface area is 187 Å². The van der Waals surface area contributed by atoms with Crippen molar-refractivity contribution in [3.8, 4) is 11.3 Å². The molecule has 0 aliphatic rings. The largest absolute Gasteiger partial charge is 0.375 e. The van der Waals surface area contributed by atoms with Crippen LogP contribution < -0.4 is 10.6 Å². The summed E-state index contributed by atoms with van der Waals surface area (Å²) in [5.74, 6) is 0.837. The van der Waals surface area contributed by atoms with Crippen molar-refractivity contribution in [3.05, 3.63) is 59.8 Å². The zero-order valence-electron chi connectivity index (χ0n) is 18.5. The summed E-state index contributed by atoms with van der Waals surface area (Å²) in [6.07, 6.45) is 1.96. The fraction of sp³-hybridized carbons (Fsp3) is 0.292. The summed E-state index contributed by atoms with van der Waals surface area (Å²) in [7, 11) is 2.02. The molecule has 0 saturated heterocycles. The molecule has 1 aromatic carbocycles. The van der Waals surface area contributed by atoms with Crippen molar-refractivity contribution < 1.29 is 0 Å². The van der Waals surface area contributed by atoms with E-state index in [1.165, 1.54) is 22.5 Å². The van der Waals surface area contributed by atoms with Crippen molar-refractivity contribution in [1.82, 2.24) is 19.9 Å². The fourth-order valence-electron chi connectivity index (χ4n) is 3.56. The molecule has 0 unspecified atom stereocenters. The third kappa shape index (κ3) is 4.52. The normalized spacial score (nSPS) is 11.4. The van der Waals surface area contributed by atoms with Crippen LogP contribution in [-0.2, 0) is 6.54 Å². The van der Waals surface area contributed by atoms with E-state index in [9.17, 15) is 0 Å². The molecule has 4 rings (SSSR count). The quantitative estimate of drug-likeness (QED) is 0.430. The maximum atomic E-state index is 6.03. The van der Waals surface area contributed by atoms with Crippen LogP contribution in [0.4, 0.5) is 16.6 Å². The van der Waals surface area contributed by atoms with Crippen molar-refractivity contribution in [2.75, 3.05) is 30.8 Å². The molecule has 6 nitrogen and oxygen atoms in total. The Kier molecular flexibility index (Phi) is 6.15. The third-order valence-electron chi connectivity index (χ3n) is 5.54. The molecule has 4 aromatic rings. The van der Waals surface area contributed by atoms with Gasteiger partial charge < -0.3 is 10.6 Å². The minimum absolute atomic E-state index is 0.511. The molecular formula is C24H28N6S. The minimum atomic E-state index is 0.511. The van der Waals surface area contributed by atoms with E-state index in [1.807, 2.05) is 19.3 Å². The monoisotopic (exact) mass is 432 g/mol. The standard InChI is InChI=1S/C24H28N6S/c1-5-30(6-2)15-17-9-12-20(26-14-17)19-13-21(27-23-22(19)28-24(25)31-23)29(4)18-10-7-16(3)8-11-18/h7-14H,5-6,15H2,1-4H3,(H2,25,28). The topological polar surface area (TPSA) is 71.2 Å². The summed E-state index contributed by atoms with van der Waals surface area (Å²) >= 11 is 1.40. The maximum absolute atomic E-state index is 6.03. The molecule has 7 heteroatoms. The van der Waals surface area contributed by atoms with Crippen LogP contribution in [0, 0.1) is 6.92 Å². The van der Waals surface area contributed by atoms with Crippen molar-refractivity contribution in [3.63, 3.8) is 0 Å². The van der Waals surface area contributed by atoms with Crippen molar-refractivity contribution in [1.29, 1.82) is 0 Å². The number of hydrogen-bond donors (Lipinski definition) is 1. The molecule has 0 saturated carbocycles. The van der Waals surface area contributed by atoms with E-state index < -0.39 is 0 Å². The number of aromatic nitrogens is 3. The number of pyridine rings is 2. The molecular weight excluding hydrogens is 404 g/mol. The highest BCUT2D eigenvalue weighted by Crippen LogP contribution is 2.35. The summed E-state index contributed by atoms with van der Waals surface area (Å²) in [6.45, 7) is 9.39. The molecule has 0 radical (unpaired) electrons. The van der Waals surface area contributed by atoms with Crippen LogP contribution in [0.5, 0.6) is 0 Å². The second-order valence-electron chi connectivity index (χ2n) is 7.64. The highest BCUT2D eigenvalue weighted by Gasteiger charge is 2.16. The predicted molar refractivity (Wildman–Crippen MR) is 131 cm³/mol. The van der Waals surface area contributed by atoms with E-state index in [4.69, 9.17) is 15.7 Å².